The molecule has 0 aliphatic carbocycles. The zero-order valence-electron chi connectivity index (χ0n) is 8.95. The Hall–Kier alpha value is -1.62. The Morgan fingerprint density at radius 1 is 1.29 bits per heavy atom. The molecule has 5 heteroatoms. The predicted octanol–water partition coefficient (Wildman–Crippen LogP) is 3.23. The van der Waals surface area contributed by atoms with Crippen molar-refractivity contribution in [3.8, 4) is 5.75 Å². The fourth-order valence-electron chi connectivity index (χ4n) is 1.40. The SMILES string of the molecule is Nc1c(F)cc(F)cc1OCCc1cccs1. The lowest BCUT2D eigenvalue weighted by atomic mass is 10.2. The van der Waals surface area contributed by atoms with Crippen LogP contribution < -0.4 is 10.5 Å². The van der Waals surface area contributed by atoms with Gasteiger partial charge in [0, 0.05) is 23.4 Å². The maximum atomic E-state index is 13.1. The fourth-order valence-corrected chi connectivity index (χ4v) is 2.09. The molecule has 1 aromatic heterocycles. The highest BCUT2D eigenvalue weighted by Gasteiger charge is 2.09. The van der Waals surface area contributed by atoms with Crippen LogP contribution in [0.4, 0.5) is 14.5 Å². The molecule has 0 aliphatic heterocycles. The highest BCUT2D eigenvalue weighted by Crippen LogP contribution is 2.26. The van der Waals surface area contributed by atoms with Gasteiger partial charge in [-0.2, -0.15) is 0 Å². The average Bonchev–Trinajstić information content (AvgIpc) is 2.78. The molecule has 0 radical (unpaired) electrons. The van der Waals surface area contributed by atoms with E-state index in [4.69, 9.17) is 10.5 Å². The number of anilines is 1. The van der Waals surface area contributed by atoms with Crippen molar-refractivity contribution in [2.75, 3.05) is 12.3 Å². The van der Waals surface area contributed by atoms with Gasteiger partial charge in [-0.1, -0.05) is 6.07 Å². The van der Waals surface area contributed by atoms with E-state index < -0.39 is 11.6 Å². The Kier molecular flexibility index (Phi) is 3.58. The van der Waals surface area contributed by atoms with E-state index in [-0.39, 0.29) is 11.4 Å². The predicted molar refractivity (Wildman–Crippen MR) is 64.3 cm³/mol. The Bertz CT molecular complexity index is 499. The molecule has 17 heavy (non-hydrogen) atoms. The van der Waals surface area contributed by atoms with Gasteiger partial charge in [0.2, 0.25) is 0 Å². The quantitative estimate of drug-likeness (QED) is 0.851. The number of benzene rings is 1. The molecule has 1 heterocycles. The molecule has 2 aromatic rings. The number of halogens is 2. The first-order valence-corrected chi connectivity index (χ1v) is 5.94. The maximum absolute atomic E-state index is 13.1. The van der Waals surface area contributed by atoms with Crippen LogP contribution in [0.25, 0.3) is 0 Å². The van der Waals surface area contributed by atoms with E-state index in [0.717, 1.165) is 17.0 Å². The van der Waals surface area contributed by atoms with Gasteiger partial charge >= 0.3 is 0 Å². The molecular weight excluding hydrogens is 244 g/mol. The monoisotopic (exact) mass is 255 g/mol. The fraction of sp³-hybridized carbons (Fsp3) is 0.167. The summed E-state index contributed by atoms with van der Waals surface area (Å²) in [5, 5.41) is 1.96. The second-order valence-electron chi connectivity index (χ2n) is 3.48. The molecule has 0 aliphatic rings. The Balaban J connectivity index is 1.99. The number of nitrogens with two attached hydrogens (primary N) is 1. The standard InChI is InChI=1S/C12H11F2NOS/c13-8-6-10(14)12(15)11(7-8)16-4-3-9-2-1-5-17-9/h1-2,5-7H,3-4,15H2. The van der Waals surface area contributed by atoms with Gasteiger partial charge in [0.1, 0.15) is 17.3 Å². The number of rotatable bonds is 4. The summed E-state index contributed by atoms with van der Waals surface area (Å²) in [5.74, 6) is -1.43. The molecule has 90 valence electrons. The van der Waals surface area contributed by atoms with Gasteiger partial charge in [0.15, 0.2) is 5.82 Å². The van der Waals surface area contributed by atoms with Crippen molar-refractivity contribution in [2.24, 2.45) is 0 Å². The summed E-state index contributed by atoms with van der Waals surface area (Å²) in [7, 11) is 0. The molecule has 0 spiro atoms. The summed E-state index contributed by atoms with van der Waals surface area (Å²) in [6.07, 6.45) is 0.690. The van der Waals surface area contributed by atoms with Crippen molar-refractivity contribution in [3.05, 3.63) is 46.2 Å². The van der Waals surface area contributed by atoms with E-state index in [0.29, 0.717) is 13.0 Å². The van der Waals surface area contributed by atoms with Crippen LogP contribution in [-0.4, -0.2) is 6.61 Å². The zero-order chi connectivity index (χ0) is 12.3. The van der Waals surface area contributed by atoms with Crippen LogP contribution in [0, 0.1) is 11.6 Å². The Morgan fingerprint density at radius 2 is 2.12 bits per heavy atom. The summed E-state index contributed by atoms with van der Waals surface area (Å²) in [4.78, 5) is 1.15. The summed E-state index contributed by atoms with van der Waals surface area (Å²) >= 11 is 1.61. The third-order valence-corrected chi connectivity index (χ3v) is 3.18. The first-order chi connectivity index (χ1) is 8.16. The molecule has 0 unspecified atom stereocenters. The van der Waals surface area contributed by atoms with Gasteiger partial charge < -0.3 is 10.5 Å². The minimum absolute atomic E-state index is 0.0547. The molecule has 2 rings (SSSR count). The first-order valence-electron chi connectivity index (χ1n) is 5.06. The zero-order valence-corrected chi connectivity index (χ0v) is 9.77. The largest absolute Gasteiger partial charge is 0.491 e. The van der Waals surface area contributed by atoms with Gasteiger partial charge in [0.25, 0.3) is 0 Å². The van der Waals surface area contributed by atoms with E-state index in [9.17, 15) is 8.78 Å². The number of ether oxygens (including phenoxy) is 1. The van der Waals surface area contributed by atoms with Crippen molar-refractivity contribution in [2.45, 2.75) is 6.42 Å². The minimum Gasteiger partial charge on any atom is -0.491 e. The molecule has 1 aromatic carbocycles. The van der Waals surface area contributed by atoms with Gasteiger partial charge in [0.05, 0.1) is 6.61 Å². The van der Waals surface area contributed by atoms with Crippen LogP contribution >= 0.6 is 11.3 Å². The lowest BCUT2D eigenvalue weighted by Gasteiger charge is -2.09. The first kappa shape index (κ1) is 11.9. The Morgan fingerprint density at radius 3 is 2.82 bits per heavy atom. The molecule has 0 saturated carbocycles. The van der Waals surface area contributed by atoms with Crippen molar-refractivity contribution in [3.63, 3.8) is 0 Å². The van der Waals surface area contributed by atoms with Crippen molar-refractivity contribution in [1.82, 2.24) is 0 Å². The highest BCUT2D eigenvalue weighted by atomic mass is 32.1. The van der Waals surface area contributed by atoms with E-state index in [1.165, 1.54) is 0 Å². The van der Waals surface area contributed by atoms with Gasteiger partial charge in [-0.25, -0.2) is 8.78 Å². The second kappa shape index (κ2) is 5.14. The third-order valence-electron chi connectivity index (χ3n) is 2.24. The van der Waals surface area contributed by atoms with E-state index >= 15 is 0 Å². The highest BCUT2D eigenvalue weighted by molar-refractivity contribution is 7.09. The number of thiophene rings is 1. The smallest absolute Gasteiger partial charge is 0.152 e. The van der Waals surface area contributed by atoms with Crippen LogP contribution in [0.1, 0.15) is 4.88 Å². The van der Waals surface area contributed by atoms with Crippen LogP contribution in [0.2, 0.25) is 0 Å². The van der Waals surface area contributed by atoms with E-state index in [2.05, 4.69) is 0 Å². The lowest BCUT2D eigenvalue weighted by Crippen LogP contribution is -2.04. The summed E-state index contributed by atoms with van der Waals surface area (Å²) in [5.41, 5.74) is 5.29. The third kappa shape index (κ3) is 2.94. The van der Waals surface area contributed by atoms with Gasteiger partial charge in [-0.3, -0.25) is 0 Å². The summed E-state index contributed by atoms with van der Waals surface area (Å²) in [6.45, 7) is 0.341. The maximum Gasteiger partial charge on any atom is 0.152 e. The van der Waals surface area contributed by atoms with Crippen LogP contribution in [0.3, 0.4) is 0 Å². The molecule has 0 fully saturated rings. The topological polar surface area (TPSA) is 35.2 Å². The minimum atomic E-state index is -0.795. The van der Waals surface area contributed by atoms with E-state index in [1.807, 2.05) is 17.5 Å². The molecule has 2 nitrogen and oxygen atoms in total. The number of hydrogen-bond acceptors (Lipinski definition) is 3. The number of hydrogen-bond donors (Lipinski definition) is 1. The van der Waals surface area contributed by atoms with Crippen LogP contribution in [-0.2, 0) is 6.42 Å². The van der Waals surface area contributed by atoms with E-state index in [1.54, 1.807) is 11.3 Å². The molecule has 0 bridgehead atoms. The Labute approximate surface area is 102 Å². The molecular formula is C12H11F2NOS. The number of nitrogen functional groups attached to an aromatic ring is 1. The molecule has 0 amide bonds. The average molecular weight is 255 g/mol. The van der Waals surface area contributed by atoms with Crippen molar-refractivity contribution in [1.29, 1.82) is 0 Å². The molecule has 0 atom stereocenters. The van der Waals surface area contributed by atoms with Crippen LogP contribution in [0.5, 0.6) is 5.75 Å². The normalized spacial score (nSPS) is 10.5. The van der Waals surface area contributed by atoms with Crippen molar-refractivity contribution >= 4 is 17.0 Å². The molecule has 2 N–H and O–H groups in total. The summed E-state index contributed by atoms with van der Waals surface area (Å²) in [6, 6.07) is 5.74. The van der Waals surface area contributed by atoms with Crippen LogP contribution in [0.15, 0.2) is 29.6 Å². The lowest BCUT2D eigenvalue weighted by molar-refractivity contribution is 0.321. The summed E-state index contributed by atoms with van der Waals surface area (Å²) < 4.78 is 31.3. The van der Waals surface area contributed by atoms with Gasteiger partial charge in [-0.15, -0.1) is 11.3 Å². The van der Waals surface area contributed by atoms with Crippen molar-refractivity contribution < 1.29 is 13.5 Å². The second-order valence-corrected chi connectivity index (χ2v) is 4.51. The van der Waals surface area contributed by atoms with Gasteiger partial charge in [-0.05, 0) is 11.4 Å². The molecule has 0 saturated heterocycles.